The number of methoxy groups -OCH3 is 1. The molecule has 4 rings (SSSR count). The van der Waals surface area contributed by atoms with Gasteiger partial charge in [0.1, 0.15) is 11.2 Å². The largest absolute Gasteiger partial charge is 0.385 e. The molecule has 0 aliphatic carbocycles. The molecule has 1 aliphatic rings. The monoisotopic (exact) mass is 432 g/mol. The maximum absolute atomic E-state index is 13.7. The number of carbonyl (C=O) groups is 2. The summed E-state index contributed by atoms with van der Waals surface area (Å²) in [5.74, 6) is -0.464. The van der Waals surface area contributed by atoms with Crippen LogP contribution in [-0.2, 0) is 16.1 Å². The van der Waals surface area contributed by atoms with E-state index in [-0.39, 0.29) is 18.4 Å². The van der Waals surface area contributed by atoms with Gasteiger partial charge in [-0.25, -0.2) is 0 Å². The van der Waals surface area contributed by atoms with E-state index in [1.807, 2.05) is 61.5 Å². The van der Waals surface area contributed by atoms with Gasteiger partial charge in [-0.2, -0.15) is 5.10 Å². The van der Waals surface area contributed by atoms with Gasteiger partial charge in [0.2, 0.25) is 5.91 Å². The molecule has 166 valence electrons. The van der Waals surface area contributed by atoms with Crippen LogP contribution in [0.3, 0.4) is 0 Å². The molecule has 0 fully saturated rings. The number of benzene rings is 2. The first-order chi connectivity index (χ1) is 15.4. The van der Waals surface area contributed by atoms with Crippen molar-refractivity contribution < 1.29 is 14.3 Å². The van der Waals surface area contributed by atoms with Crippen molar-refractivity contribution in [3.63, 3.8) is 0 Å². The number of carbonyl (C=O) groups excluding carboxylic acids is 2. The van der Waals surface area contributed by atoms with Crippen molar-refractivity contribution >= 4 is 17.5 Å². The van der Waals surface area contributed by atoms with E-state index in [1.165, 1.54) is 0 Å². The summed E-state index contributed by atoms with van der Waals surface area (Å²) in [4.78, 5) is 28.7. The molecule has 32 heavy (non-hydrogen) atoms. The van der Waals surface area contributed by atoms with Crippen LogP contribution in [0.4, 0.5) is 5.69 Å². The van der Waals surface area contributed by atoms with Crippen molar-refractivity contribution in [2.45, 2.75) is 32.4 Å². The van der Waals surface area contributed by atoms with Crippen LogP contribution in [0.15, 0.2) is 60.7 Å². The molecule has 3 aromatic rings. The molecule has 0 bridgehead atoms. The Kier molecular flexibility index (Phi) is 6.10. The molecule has 1 atom stereocenters. The van der Waals surface area contributed by atoms with Gasteiger partial charge in [0.05, 0.1) is 12.2 Å². The van der Waals surface area contributed by atoms with E-state index in [0.29, 0.717) is 36.6 Å². The summed E-state index contributed by atoms with van der Waals surface area (Å²) >= 11 is 0. The molecule has 0 radical (unpaired) electrons. The average Bonchev–Trinajstić information content (AvgIpc) is 3.22. The summed E-state index contributed by atoms with van der Waals surface area (Å²) < 4.78 is 6.73. The van der Waals surface area contributed by atoms with Crippen molar-refractivity contribution in [1.82, 2.24) is 15.1 Å². The van der Waals surface area contributed by atoms with Crippen LogP contribution in [0.25, 0.3) is 11.3 Å². The second-order valence-corrected chi connectivity index (χ2v) is 8.29. The lowest BCUT2D eigenvalue weighted by Gasteiger charge is -2.43. The van der Waals surface area contributed by atoms with Gasteiger partial charge in [-0.1, -0.05) is 48.0 Å². The van der Waals surface area contributed by atoms with Gasteiger partial charge in [-0.3, -0.25) is 19.2 Å². The Morgan fingerprint density at radius 1 is 1.16 bits per heavy atom. The molecular weight excluding hydrogens is 404 g/mol. The van der Waals surface area contributed by atoms with E-state index < -0.39 is 5.54 Å². The van der Waals surface area contributed by atoms with Crippen molar-refractivity contribution in [3.8, 4) is 11.3 Å². The third-order valence-corrected chi connectivity index (χ3v) is 5.82. The Morgan fingerprint density at radius 3 is 2.56 bits per heavy atom. The van der Waals surface area contributed by atoms with Crippen molar-refractivity contribution in [1.29, 1.82) is 0 Å². The lowest BCUT2D eigenvalue weighted by molar-refractivity contribution is -0.126. The molecule has 1 aromatic heterocycles. The molecular formula is C25H28N4O3. The van der Waals surface area contributed by atoms with Crippen LogP contribution in [-0.4, -0.2) is 47.4 Å². The van der Waals surface area contributed by atoms with Crippen molar-refractivity contribution in [2.75, 3.05) is 25.2 Å². The number of nitrogens with zero attached hydrogens (tertiary/aromatic N) is 3. The Morgan fingerprint density at radius 2 is 1.88 bits per heavy atom. The maximum atomic E-state index is 13.7. The topological polar surface area (TPSA) is 76.5 Å². The lowest BCUT2D eigenvalue weighted by atomic mass is 9.93. The second-order valence-electron chi connectivity index (χ2n) is 8.29. The van der Waals surface area contributed by atoms with Gasteiger partial charge in [-0.05, 0) is 38.5 Å². The number of ether oxygens (including phenoxy) is 1. The summed E-state index contributed by atoms with van der Waals surface area (Å²) in [6.45, 7) is 5.07. The van der Waals surface area contributed by atoms with Crippen LogP contribution in [0.1, 0.15) is 29.4 Å². The summed E-state index contributed by atoms with van der Waals surface area (Å²) in [5.41, 5.74) is 2.74. The minimum Gasteiger partial charge on any atom is -0.385 e. The number of anilines is 1. The Labute approximate surface area is 188 Å². The van der Waals surface area contributed by atoms with Gasteiger partial charge in [0.15, 0.2) is 0 Å². The summed E-state index contributed by atoms with van der Waals surface area (Å²) in [6, 6.07) is 19.2. The zero-order chi connectivity index (χ0) is 22.7. The molecule has 0 spiro atoms. The number of aromatic nitrogens is 2. The Balaban J connectivity index is 1.74. The predicted octanol–water partition coefficient (Wildman–Crippen LogP) is 3.43. The number of fused-ring (bicyclic) bond motifs is 1. The maximum Gasteiger partial charge on any atom is 0.277 e. The van der Waals surface area contributed by atoms with E-state index in [1.54, 1.807) is 29.7 Å². The first-order valence-corrected chi connectivity index (χ1v) is 10.8. The highest BCUT2D eigenvalue weighted by Crippen LogP contribution is 2.34. The summed E-state index contributed by atoms with van der Waals surface area (Å²) in [7, 11) is 1.63. The number of aryl methyl sites for hydroxylation is 1. The third-order valence-electron chi connectivity index (χ3n) is 5.82. The molecule has 1 N–H and O–H groups in total. The smallest absolute Gasteiger partial charge is 0.277 e. The fraction of sp³-hybridized carbons (Fsp3) is 0.320. The third kappa shape index (κ3) is 4.03. The number of rotatable bonds is 7. The fourth-order valence-electron chi connectivity index (χ4n) is 4.04. The normalized spacial score (nSPS) is 17.8. The fourth-order valence-corrected chi connectivity index (χ4v) is 4.04. The van der Waals surface area contributed by atoms with Gasteiger partial charge >= 0.3 is 0 Å². The van der Waals surface area contributed by atoms with Crippen LogP contribution >= 0.6 is 0 Å². The first kappa shape index (κ1) is 21.8. The average molecular weight is 433 g/mol. The van der Waals surface area contributed by atoms with Crippen LogP contribution in [0.5, 0.6) is 0 Å². The van der Waals surface area contributed by atoms with Gasteiger partial charge in [-0.15, -0.1) is 0 Å². The van der Waals surface area contributed by atoms with E-state index in [2.05, 4.69) is 10.4 Å². The molecule has 2 aromatic carbocycles. The van der Waals surface area contributed by atoms with E-state index in [9.17, 15) is 9.59 Å². The second kappa shape index (κ2) is 8.96. The highest BCUT2D eigenvalue weighted by Gasteiger charge is 2.48. The van der Waals surface area contributed by atoms with Gasteiger partial charge in [0, 0.05) is 31.5 Å². The zero-order valence-electron chi connectivity index (χ0n) is 18.7. The lowest BCUT2D eigenvalue weighted by Crippen LogP contribution is -2.64. The minimum absolute atomic E-state index is 0.218. The van der Waals surface area contributed by atoms with Crippen LogP contribution < -0.4 is 10.2 Å². The number of hydrogen-bond donors (Lipinski definition) is 1. The molecule has 0 saturated carbocycles. The summed E-state index contributed by atoms with van der Waals surface area (Å²) in [5, 5.41) is 7.65. The molecule has 0 saturated heterocycles. The highest BCUT2D eigenvalue weighted by atomic mass is 16.5. The first-order valence-electron chi connectivity index (χ1n) is 10.8. The molecule has 1 aliphatic heterocycles. The SMILES string of the molecule is COCCCNC(=O)[C@@]1(C)Cn2nc(-c3ccccc3)cc2C(=O)N1c1ccc(C)cc1. The molecule has 2 amide bonds. The highest BCUT2D eigenvalue weighted by molar-refractivity contribution is 6.12. The van der Waals surface area contributed by atoms with Crippen LogP contribution in [0.2, 0.25) is 0 Å². The molecule has 2 heterocycles. The van der Waals surface area contributed by atoms with Crippen molar-refractivity contribution in [3.05, 3.63) is 71.9 Å². The standard InChI is InChI=1S/C25H28N4O3/c1-18-10-12-20(13-11-18)29-23(30)22-16-21(19-8-5-4-6-9-19)27-28(22)17-25(29,2)24(31)26-14-7-15-32-3/h4-6,8-13,16H,7,14-15,17H2,1-3H3,(H,26,31)/t25-/m1/s1. The van der Waals surface area contributed by atoms with E-state index in [0.717, 1.165) is 11.1 Å². The van der Waals surface area contributed by atoms with Gasteiger partial charge < -0.3 is 10.1 Å². The van der Waals surface area contributed by atoms with Crippen molar-refractivity contribution in [2.24, 2.45) is 0 Å². The van der Waals surface area contributed by atoms with E-state index in [4.69, 9.17) is 4.74 Å². The zero-order valence-corrected chi connectivity index (χ0v) is 18.7. The van der Waals surface area contributed by atoms with Crippen LogP contribution in [0, 0.1) is 6.92 Å². The number of amides is 2. The molecule has 0 unspecified atom stereocenters. The molecule has 7 nitrogen and oxygen atoms in total. The minimum atomic E-state index is -1.13. The quantitative estimate of drug-likeness (QED) is 0.581. The molecule has 7 heteroatoms. The predicted molar refractivity (Wildman–Crippen MR) is 124 cm³/mol. The Hall–Kier alpha value is -3.45. The van der Waals surface area contributed by atoms with Gasteiger partial charge in [0.25, 0.3) is 5.91 Å². The van der Waals surface area contributed by atoms with E-state index >= 15 is 0 Å². The number of hydrogen-bond acceptors (Lipinski definition) is 4. The Bertz CT molecular complexity index is 1110. The number of nitrogens with one attached hydrogen (secondary N) is 1. The summed E-state index contributed by atoms with van der Waals surface area (Å²) in [6.07, 6.45) is 0.696.